The van der Waals surface area contributed by atoms with Gasteiger partial charge >= 0.3 is 0 Å². The van der Waals surface area contributed by atoms with Gasteiger partial charge in [-0.25, -0.2) is 0 Å². The molecule has 0 aromatic rings. The normalized spacial score (nSPS) is 28.9. The van der Waals surface area contributed by atoms with Gasteiger partial charge in [0.25, 0.3) is 0 Å². The molecule has 3 heteroatoms. The van der Waals surface area contributed by atoms with Crippen molar-refractivity contribution in [2.75, 3.05) is 13.6 Å². The van der Waals surface area contributed by atoms with Crippen LogP contribution >= 0.6 is 22.6 Å². The first kappa shape index (κ1) is 7.31. The van der Waals surface area contributed by atoms with E-state index in [0.717, 1.165) is 19.4 Å². The third-order valence-corrected chi connectivity index (χ3v) is 2.59. The number of alkyl halides is 1. The van der Waals surface area contributed by atoms with E-state index in [9.17, 15) is 4.79 Å². The molecule has 0 spiro atoms. The van der Waals surface area contributed by atoms with Crippen molar-refractivity contribution in [3.05, 3.63) is 0 Å². The Morgan fingerprint density at radius 3 is 2.89 bits per heavy atom. The third kappa shape index (κ3) is 1.81. The number of carbonyl (C=O) groups excluding carboxylic acids is 1. The molecule has 1 heterocycles. The minimum Gasteiger partial charge on any atom is -0.345 e. The van der Waals surface area contributed by atoms with Gasteiger partial charge in [-0.2, -0.15) is 0 Å². The number of hydrogen-bond donors (Lipinski definition) is 0. The molecule has 0 aromatic carbocycles. The zero-order chi connectivity index (χ0) is 6.85. The summed E-state index contributed by atoms with van der Waals surface area (Å²) in [6.45, 7) is 0.930. The van der Waals surface area contributed by atoms with E-state index in [1.54, 1.807) is 4.90 Å². The summed E-state index contributed by atoms with van der Waals surface area (Å²) in [6, 6.07) is 0. The number of carbonyl (C=O) groups is 1. The molecule has 1 aliphatic rings. The van der Waals surface area contributed by atoms with E-state index >= 15 is 0 Å². The van der Waals surface area contributed by atoms with Crippen molar-refractivity contribution in [2.24, 2.45) is 0 Å². The second kappa shape index (κ2) is 2.86. The summed E-state index contributed by atoms with van der Waals surface area (Å²) in [5.41, 5.74) is 0. The zero-order valence-electron chi connectivity index (χ0n) is 5.43. The SMILES string of the molecule is CN1C[C@@H](I)CCC1=O. The standard InChI is InChI=1S/C6H10INO/c1-8-4-5(7)2-3-6(8)9/h5H,2-4H2,1H3/t5-/m0/s1. The molecule has 0 N–H and O–H groups in total. The number of hydrogen-bond acceptors (Lipinski definition) is 1. The maximum absolute atomic E-state index is 10.9. The van der Waals surface area contributed by atoms with Crippen LogP contribution in [0.5, 0.6) is 0 Å². The number of rotatable bonds is 0. The van der Waals surface area contributed by atoms with E-state index in [2.05, 4.69) is 22.6 Å². The number of nitrogens with zero attached hydrogens (tertiary/aromatic N) is 1. The van der Waals surface area contributed by atoms with Gasteiger partial charge in [0.05, 0.1) is 0 Å². The molecule has 0 unspecified atom stereocenters. The fraction of sp³-hybridized carbons (Fsp3) is 0.833. The van der Waals surface area contributed by atoms with Crippen molar-refractivity contribution in [2.45, 2.75) is 16.8 Å². The molecule has 52 valence electrons. The van der Waals surface area contributed by atoms with E-state index in [4.69, 9.17) is 0 Å². The van der Waals surface area contributed by atoms with Gasteiger partial charge in [0.2, 0.25) is 5.91 Å². The van der Waals surface area contributed by atoms with Crippen LogP contribution in [0.4, 0.5) is 0 Å². The Morgan fingerprint density at radius 2 is 2.44 bits per heavy atom. The molecule has 0 aliphatic carbocycles. The Balaban J connectivity index is 2.44. The molecule has 0 aromatic heterocycles. The van der Waals surface area contributed by atoms with Gasteiger partial charge in [-0.05, 0) is 6.42 Å². The fourth-order valence-corrected chi connectivity index (χ4v) is 1.86. The lowest BCUT2D eigenvalue weighted by molar-refractivity contribution is -0.131. The molecular weight excluding hydrogens is 229 g/mol. The van der Waals surface area contributed by atoms with Crippen LogP contribution in [0.25, 0.3) is 0 Å². The van der Waals surface area contributed by atoms with Crippen LogP contribution in [0.1, 0.15) is 12.8 Å². The van der Waals surface area contributed by atoms with Gasteiger partial charge in [0.15, 0.2) is 0 Å². The Hall–Kier alpha value is 0.200. The smallest absolute Gasteiger partial charge is 0.222 e. The van der Waals surface area contributed by atoms with Crippen LogP contribution < -0.4 is 0 Å². The molecule has 0 saturated carbocycles. The van der Waals surface area contributed by atoms with E-state index in [1.165, 1.54) is 0 Å². The highest BCUT2D eigenvalue weighted by Gasteiger charge is 2.19. The summed E-state index contributed by atoms with van der Waals surface area (Å²) in [7, 11) is 1.87. The molecule has 1 saturated heterocycles. The molecule has 1 rings (SSSR count). The molecule has 1 amide bonds. The molecule has 1 atom stereocenters. The second-order valence-corrected chi connectivity index (χ2v) is 4.17. The number of likely N-dealkylation sites (tertiary alicyclic amines) is 1. The van der Waals surface area contributed by atoms with Gasteiger partial charge in [-0.3, -0.25) is 4.79 Å². The van der Waals surface area contributed by atoms with Crippen molar-refractivity contribution in [1.82, 2.24) is 4.90 Å². The predicted molar refractivity (Wildman–Crippen MR) is 44.7 cm³/mol. The van der Waals surface area contributed by atoms with E-state index in [1.807, 2.05) is 7.05 Å². The molecule has 0 bridgehead atoms. The highest BCUT2D eigenvalue weighted by Crippen LogP contribution is 2.16. The lowest BCUT2D eigenvalue weighted by atomic mass is 10.1. The lowest BCUT2D eigenvalue weighted by Crippen LogP contribution is -2.36. The van der Waals surface area contributed by atoms with Crippen molar-refractivity contribution in [3.63, 3.8) is 0 Å². The maximum Gasteiger partial charge on any atom is 0.222 e. The fourth-order valence-electron chi connectivity index (χ4n) is 0.961. The highest BCUT2D eigenvalue weighted by atomic mass is 127. The largest absolute Gasteiger partial charge is 0.345 e. The Morgan fingerprint density at radius 1 is 1.78 bits per heavy atom. The van der Waals surface area contributed by atoms with Gasteiger partial charge in [-0.15, -0.1) is 0 Å². The van der Waals surface area contributed by atoms with Crippen LogP contribution in [-0.4, -0.2) is 28.3 Å². The first-order chi connectivity index (χ1) is 4.20. The Kier molecular flexibility index (Phi) is 2.32. The van der Waals surface area contributed by atoms with Gasteiger partial charge in [0.1, 0.15) is 0 Å². The Bertz CT molecular complexity index is 126. The lowest BCUT2D eigenvalue weighted by Gasteiger charge is -2.25. The minimum atomic E-state index is 0.294. The summed E-state index contributed by atoms with van der Waals surface area (Å²) >= 11 is 2.39. The molecule has 0 radical (unpaired) electrons. The number of halogens is 1. The number of amides is 1. The molecule has 1 aliphatic heterocycles. The first-order valence-corrected chi connectivity index (χ1v) is 4.33. The maximum atomic E-state index is 10.9. The summed E-state index contributed by atoms with van der Waals surface area (Å²) in [6.07, 6.45) is 1.80. The summed E-state index contributed by atoms with van der Waals surface area (Å²) < 4.78 is 0.672. The topological polar surface area (TPSA) is 20.3 Å². The predicted octanol–water partition coefficient (Wildman–Crippen LogP) is 1.04. The number of piperidine rings is 1. The third-order valence-electron chi connectivity index (χ3n) is 1.57. The van der Waals surface area contributed by atoms with E-state index < -0.39 is 0 Å². The van der Waals surface area contributed by atoms with Crippen molar-refractivity contribution in [1.29, 1.82) is 0 Å². The Labute approximate surface area is 68.7 Å². The molecule has 1 fully saturated rings. The minimum absolute atomic E-state index is 0.294. The summed E-state index contributed by atoms with van der Waals surface area (Å²) in [5, 5.41) is 0. The highest BCUT2D eigenvalue weighted by molar-refractivity contribution is 14.1. The van der Waals surface area contributed by atoms with E-state index in [0.29, 0.717) is 9.83 Å². The zero-order valence-corrected chi connectivity index (χ0v) is 7.59. The van der Waals surface area contributed by atoms with Gasteiger partial charge < -0.3 is 4.90 Å². The average Bonchev–Trinajstić information content (AvgIpc) is 1.80. The van der Waals surface area contributed by atoms with Gasteiger partial charge in [-0.1, -0.05) is 22.6 Å². The van der Waals surface area contributed by atoms with Crippen LogP contribution in [0.15, 0.2) is 0 Å². The summed E-state index contributed by atoms with van der Waals surface area (Å²) in [4.78, 5) is 12.7. The molecular formula is C6H10INO. The van der Waals surface area contributed by atoms with Crippen molar-refractivity contribution < 1.29 is 4.79 Å². The monoisotopic (exact) mass is 239 g/mol. The van der Waals surface area contributed by atoms with Crippen molar-refractivity contribution >= 4 is 28.5 Å². The van der Waals surface area contributed by atoms with E-state index in [-0.39, 0.29) is 0 Å². The first-order valence-electron chi connectivity index (χ1n) is 3.08. The second-order valence-electron chi connectivity index (χ2n) is 2.41. The quantitative estimate of drug-likeness (QED) is 0.457. The van der Waals surface area contributed by atoms with Crippen LogP contribution in [0, 0.1) is 0 Å². The van der Waals surface area contributed by atoms with Crippen LogP contribution in [0.2, 0.25) is 0 Å². The van der Waals surface area contributed by atoms with Crippen LogP contribution in [0.3, 0.4) is 0 Å². The van der Waals surface area contributed by atoms with Gasteiger partial charge in [0, 0.05) is 23.9 Å². The van der Waals surface area contributed by atoms with Crippen LogP contribution in [-0.2, 0) is 4.79 Å². The molecule has 9 heavy (non-hydrogen) atoms. The van der Waals surface area contributed by atoms with Crippen molar-refractivity contribution in [3.8, 4) is 0 Å². The average molecular weight is 239 g/mol. The summed E-state index contributed by atoms with van der Waals surface area (Å²) in [5.74, 6) is 0.294. The molecule has 2 nitrogen and oxygen atoms in total.